The maximum absolute atomic E-state index is 13.3. The molecular formula is C13H15FN2O3S. The van der Waals surface area contributed by atoms with Gasteiger partial charge in [-0.25, -0.2) is 9.37 Å². The minimum atomic E-state index is -0.917. The number of aromatic nitrogens is 2. The zero-order valence-corrected chi connectivity index (χ0v) is 12.0. The van der Waals surface area contributed by atoms with Gasteiger partial charge in [0.15, 0.2) is 5.16 Å². The Morgan fingerprint density at radius 3 is 3.00 bits per heavy atom. The van der Waals surface area contributed by atoms with Gasteiger partial charge in [0.1, 0.15) is 5.82 Å². The van der Waals surface area contributed by atoms with Crippen molar-refractivity contribution in [3.05, 3.63) is 24.0 Å². The summed E-state index contributed by atoms with van der Waals surface area (Å²) < 4.78 is 20.3. The first-order valence-corrected chi connectivity index (χ1v) is 7.02. The molecule has 1 aromatic carbocycles. The van der Waals surface area contributed by atoms with Gasteiger partial charge in [0.25, 0.3) is 0 Å². The zero-order valence-electron chi connectivity index (χ0n) is 11.2. The number of halogens is 1. The molecule has 20 heavy (non-hydrogen) atoms. The average Bonchev–Trinajstić information content (AvgIpc) is 2.74. The Kier molecular flexibility index (Phi) is 4.61. The zero-order chi connectivity index (χ0) is 14.7. The normalized spacial score (nSPS) is 12.8. The van der Waals surface area contributed by atoms with Gasteiger partial charge in [-0.15, -0.1) is 0 Å². The number of hydrogen-bond donors (Lipinski definition) is 1. The molecule has 0 radical (unpaired) electrons. The second-order valence-corrected chi connectivity index (χ2v) is 5.33. The van der Waals surface area contributed by atoms with Crippen molar-refractivity contribution < 1.29 is 19.0 Å². The summed E-state index contributed by atoms with van der Waals surface area (Å²) in [6.07, 6.45) is 0. The molecule has 0 bridgehead atoms. The minimum Gasteiger partial charge on any atom is -0.481 e. The molecule has 1 aromatic heterocycles. The van der Waals surface area contributed by atoms with E-state index >= 15 is 0 Å². The van der Waals surface area contributed by atoms with Crippen LogP contribution in [0, 0.1) is 5.82 Å². The van der Waals surface area contributed by atoms with Gasteiger partial charge in [-0.3, -0.25) is 4.79 Å². The Labute approximate surface area is 119 Å². The second kappa shape index (κ2) is 6.23. The third-order valence-electron chi connectivity index (χ3n) is 2.79. The number of rotatable bonds is 6. The lowest BCUT2D eigenvalue weighted by Crippen LogP contribution is -2.12. The largest absolute Gasteiger partial charge is 0.481 e. The molecule has 1 unspecified atom stereocenters. The van der Waals surface area contributed by atoms with Crippen molar-refractivity contribution in [1.29, 1.82) is 0 Å². The maximum atomic E-state index is 13.3. The van der Waals surface area contributed by atoms with Crippen LogP contribution in [0.2, 0.25) is 0 Å². The smallest absolute Gasteiger partial charge is 0.313 e. The second-order valence-electron chi connectivity index (χ2n) is 4.38. The highest BCUT2D eigenvalue weighted by Gasteiger charge is 2.17. The lowest BCUT2D eigenvalue weighted by Gasteiger charge is -2.16. The molecule has 2 aromatic rings. The fraction of sp³-hybridized carbons (Fsp3) is 0.385. The summed E-state index contributed by atoms with van der Waals surface area (Å²) in [5.41, 5.74) is 1.28. The molecule has 0 aliphatic rings. The van der Waals surface area contributed by atoms with Gasteiger partial charge < -0.3 is 14.4 Å². The number of aliphatic carboxylic acids is 1. The lowest BCUT2D eigenvalue weighted by molar-refractivity contribution is -0.133. The third kappa shape index (κ3) is 3.10. The van der Waals surface area contributed by atoms with E-state index in [0.29, 0.717) is 17.3 Å². The van der Waals surface area contributed by atoms with Crippen molar-refractivity contribution in [2.75, 3.05) is 19.5 Å². The average molecular weight is 298 g/mol. The van der Waals surface area contributed by atoms with E-state index in [2.05, 4.69) is 4.98 Å². The highest BCUT2D eigenvalue weighted by Crippen LogP contribution is 2.28. The highest BCUT2D eigenvalue weighted by molar-refractivity contribution is 7.99. The number of carboxylic acids is 1. The first-order chi connectivity index (χ1) is 9.52. The number of imidazole rings is 1. The number of methoxy groups -OCH3 is 1. The molecule has 5 nitrogen and oxygen atoms in total. The van der Waals surface area contributed by atoms with Crippen molar-refractivity contribution in [3.8, 4) is 0 Å². The first kappa shape index (κ1) is 14.8. The summed E-state index contributed by atoms with van der Waals surface area (Å²) in [7, 11) is 1.60. The number of ether oxygens (including phenoxy) is 1. The summed E-state index contributed by atoms with van der Waals surface area (Å²) in [6, 6.07) is 4.34. The van der Waals surface area contributed by atoms with Crippen molar-refractivity contribution in [2.24, 2.45) is 0 Å². The number of nitrogens with zero attached hydrogens (tertiary/aromatic N) is 2. The SMILES string of the molecule is COCC(C)n1c(SCC(=O)O)nc2cc(F)ccc21. The number of carboxylic acid groups (broad SMARTS) is 1. The quantitative estimate of drug-likeness (QED) is 0.830. The van der Waals surface area contributed by atoms with Gasteiger partial charge >= 0.3 is 5.97 Å². The minimum absolute atomic E-state index is 0.0215. The molecule has 0 saturated heterocycles. The number of fused-ring (bicyclic) bond motifs is 1. The molecule has 0 aliphatic carbocycles. The predicted octanol–water partition coefficient (Wildman–Crippen LogP) is 2.56. The number of benzene rings is 1. The van der Waals surface area contributed by atoms with E-state index in [-0.39, 0.29) is 17.6 Å². The van der Waals surface area contributed by atoms with E-state index in [0.717, 1.165) is 17.3 Å². The van der Waals surface area contributed by atoms with Gasteiger partial charge in [0.05, 0.1) is 29.4 Å². The van der Waals surface area contributed by atoms with E-state index in [9.17, 15) is 9.18 Å². The van der Waals surface area contributed by atoms with Crippen molar-refractivity contribution in [3.63, 3.8) is 0 Å². The Morgan fingerprint density at radius 2 is 2.35 bits per heavy atom. The van der Waals surface area contributed by atoms with Crippen LogP contribution in [0.5, 0.6) is 0 Å². The fourth-order valence-corrected chi connectivity index (χ4v) is 2.85. The van der Waals surface area contributed by atoms with E-state index in [1.807, 2.05) is 11.5 Å². The van der Waals surface area contributed by atoms with Crippen LogP contribution in [0.25, 0.3) is 11.0 Å². The predicted molar refractivity (Wildman–Crippen MR) is 74.6 cm³/mol. The van der Waals surface area contributed by atoms with Crippen molar-refractivity contribution in [2.45, 2.75) is 18.1 Å². The van der Waals surface area contributed by atoms with E-state index in [4.69, 9.17) is 9.84 Å². The molecule has 0 spiro atoms. The molecule has 108 valence electrons. The lowest BCUT2D eigenvalue weighted by atomic mass is 10.3. The molecule has 0 amide bonds. The topological polar surface area (TPSA) is 64.3 Å². The number of thioether (sulfide) groups is 1. The van der Waals surface area contributed by atoms with Gasteiger partial charge in [0.2, 0.25) is 0 Å². The van der Waals surface area contributed by atoms with Gasteiger partial charge in [-0.05, 0) is 19.1 Å². The maximum Gasteiger partial charge on any atom is 0.313 e. The monoisotopic (exact) mass is 298 g/mol. The van der Waals surface area contributed by atoms with Crippen LogP contribution in [-0.2, 0) is 9.53 Å². The number of hydrogen-bond acceptors (Lipinski definition) is 4. The molecule has 0 aliphatic heterocycles. The van der Waals surface area contributed by atoms with Crippen LogP contribution in [-0.4, -0.2) is 40.1 Å². The van der Waals surface area contributed by atoms with Gasteiger partial charge in [-0.2, -0.15) is 0 Å². The Morgan fingerprint density at radius 1 is 1.60 bits per heavy atom. The van der Waals surface area contributed by atoms with E-state index < -0.39 is 5.97 Å². The number of carbonyl (C=O) groups is 1. The van der Waals surface area contributed by atoms with E-state index in [1.165, 1.54) is 12.1 Å². The first-order valence-electron chi connectivity index (χ1n) is 6.04. The summed E-state index contributed by atoms with van der Waals surface area (Å²) in [5, 5.41) is 9.34. The van der Waals surface area contributed by atoms with Crippen molar-refractivity contribution in [1.82, 2.24) is 9.55 Å². The van der Waals surface area contributed by atoms with Crippen LogP contribution < -0.4 is 0 Å². The Hall–Kier alpha value is -1.60. The summed E-state index contributed by atoms with van der Waals surface area (Å²) >= 11 is 1.12. The van der Waals surface area contributed by atoms with Crippen LogP contribution in [0.15, 0.2) is 23.4 Å². The molecular weight excluding hydrogens is 283 g/mol. The van der Waals surface area contributed by atoms with Crippen LogP contribution in [0.4, 0.5) is 4.39 Å². The van der Waals surface area contributed by atoms with Gasteiger partial charge in [0, 0.05) is 13.2 Å². The molecule has 0 saturated carbocycles. The summed E-state index contributed by atoms with van der Waals surface area (Å²) in [4.78, 5) is 15.0. The summed E-state index contributed by atoms with van der Waals surface area (Å²) in [6.45, 7) is 2.41. The molecule has 1 atom stereocenters. The molecule has 1 N–H and O–H groups in total. The van der Waals surface area contributed by atoms with Crippen molar-refractivity contribution >= 4 is 28.8 Å². The van der Waals surface area contributed by atoms with Crippen LogP contribution >= 0.6 is 11.8 Å². The standard InChI is InChI=1S/C13H15FN2O3S/c1-8(6-19-2)16-11-4-3-9(14)5-10(11)15-13(16)20-7-12(17)18/h3-5,8H,6-7H2,1-2H3,(H,17,18). The molecule has 0 fully saturated rings. The van der Waals surface area contributed by atoms with Crippen LogP contribution in [0.3, 0.4) is 0 Å². The Balaban J connectivity index is 2.47. The molecule has 7 heteroatoms. The summed E-state index contributed by atoms with van der Waals surface area (Å²) in [5.74, 6) is -1.37. The fourth-order valence-electron chi connectivity index (χ4n) is 2.02. The van der Waals surface area contributed by atoms with Crippen LogP contribution in [0.1, 0.15) is 13.0 Å². The molecule has 1 heterocycles. The third-order valence-corrected chi connectivity index (χ3v) is 3.73. The van der Waals surface area contributed by atoms with E-state index in [1.54, 1.807) is 13.2 Å². The Bertz CT molecular complexity index is 629. The van der Waals surface area contributed by atoms with Gasteiger partial charge in [-0.1, -0.05) is 11.8 Å². The highest BCUT2D eigenvalue weighted by atomic mass is 32.2. The molecule has 2 rings (SSSR count).